The van der Waals surface area contributed by atoms with Gasteiger partial charge in [0.05, 0.1) is 12.0 Å². The van der Waals surface area contributed by atoms with E-state index < -0.39 is 0 Å². The predicted octanol–water partition coefficient (Wildman–Crippen LogP) is 4.92. The number of aryl methyl sites for hydroxylation is 1. The van der Waals surface area contributed by atoms with Crippen molar-refractivity contribution in [3.63, 3.8) is 0 Å². The largest absolute Gasteiger partial charge is 0.352 e. The van der Waals surface area contributed by atoms with E-state index in [1.807, 2.05) is 11.0 Å². The first-order valence-electron chi connectivity index (χ1n) is 11.4. The van der Waals surface area contributed by atoms with E-state index >= 15 is 0 Å². The number of hydrogen-bond acceptors (Lipinski definition) is 2. The Balaban J connectivity index is 1.47. The molecule has 31 heavy (non-hydrogen) atoms. The van der Waals surface area contributed by atoms with E-state index in [-0.39, 0.29) is 35.5 Å². The fourth-order valence-corrected chi connectivity index (χ4v) is 5.04. The van der Waals surface area contributed by atoms with Crippen LogP contribution in [0.25, 0.3) is 0 Å². The van der Waals surface area contributed by atoms with Crippen LogP contribution >= 0.6 is 0 Å². The Morgan fingerprint density at radius 3 is 2.52 bits per heavy atom. The lowest BCUT2D eigenvalue weighted by atomic mass is 9.86. The molecule has 4 rings (SSSR count). The number of carbonyl (C=O) groups excluding carboxylic acids is 2. The van der Waals surface area contributed by atoms with E-state index in [1.165, 1.54) is 17.7 Å². The molecule has 5 heteroatoms. The number of piperidine rings is 1. The Hall–Kier alpha value is -2.69. The Morgan fingerprint density at radius 2 is 1.77 bits per heavy atom. The molecule has 2 aromatic rings. The van der Waals surface area contributed by atoms with Crippen LogP contribution < -0.4 is 5.32 Å². The maximum atomic E-state index is 13.4. The van der Waals surface area contributed by atoms with Crippen LogP contribution in [0.1, 0.15) is 61.3 Å². The highest BCUT2D eigenvalue weighted by Gasteiger charge is 2.38. The van der Waals surface area contributed by atoms with E-state index in [0.717, 1.165) is 49.7 Å². The number of benzene rings is 2. The molecule has 1 aliphatic heterocycles. The molecule has 0 bridgehead atoms. The van der Waals surface area contributed by atoms with Crippen molar-refractivity contribution in [2.24, 2.45) is 11.8 Å². The van der Waals surface area contributed by atoms with Gasteiger partial charge in [0, 0.05) is 19.0 Å². The van der Waals surface area contributed by atoms with Crippen LogP contribution in [0.4, 0.5) is 4.39 Å². The quantitative estimate of drug-likeness (QED) is 0.744. The number of hydrogen-bond donors (Lipinski definition) is 1. The molecular weight excluding hydrogens is 391 g/mol. The van der Waals surface area contributed by atoms with Crippen molar-refractivity contribution in [2.75, 3.05) is 6.54 Å². The number of nitrogens with one attached hydrogen (secondary N) is 1. The molecule has 2 aliphatic rings. The maximum absolute atomic E-state index is 13.4. The van der Waals surface area contributed by atoms with Gasteiger partial charge in [-0.3, -0.25) is 9.59 Å². The number of nitrogens with zero attached hydrogens (tertiary/aromatic N) is 1. The van der Waals surface area contributed by atoms with Gasteiger partial charge in [-0.25, -0.2) is 4.39 Å². The van der Waals surface area contributed by atoms with Crippen molar-refractivity contribution < 1.29 is 14.0 Å². The highest BCUT2D eigenvalue weighted by Crippen LogP contribution is 2.37. The fourth-order valence-electron chi connectivity index (χ4n) is 5.04. The van der Waals surface area contributed by atoms with Crippen molar-refractivity contribution in [1.29, 1.82) is 0 Å². The molecule has 2 amide bonds. The zero-order chi connectivity index (χ0) is 21.8. The molecule has 1 heterocycles. The Kier molecular flexibility index (Phi) is 6.69. The van der Waals surface area contributed by atoms with Gasteiger partial charge >= 0.3 is 0 Å². The zero-order valence-corrected chi connectivity index (χ0v) is 18.1. The summed E-state index contributed by atoms with van der Waals surface area (Å²) in [6, 6.07) is 14.7. The molecule has 2 unspecified atom stereocenters. The van der Waals surface area contributed by atoms with Crippen molar-refractivity contribution in [2.45, 2.75) is 58.0 Å². The van der Waals surface area contributed by atoms with Gasteiger partial charge in [-0.05, 0) is 55.9 Å². The second-order valence-electron chi connectivity index (χ2n) is 9.02. The van der Waals surface area contributed by atoms with Crippen molar-refractivity contribution in [3.8, 4) is 0 Å². The molecular formula is C26H31FN2O2. The van der Waals surface area contributed by atoms with E-state index in [0.29, 0.717) is 13.1 Å². The normalized spacial score (nSPS) is 21.8. The third-order valence-corrected chi connectivity index (χ3v) is 6.72. The predicted molar refractivity (Wildman–Crippen MR) is 119 cm³/mol. The third-order valence-electron chi connectivity index (χ3n) is 6.72. The highest BCUT2D eigenvalue weighted by molar-refractivity contribution is 5.83. The fraction of sp³-hybridized carbons (Fsp3) is 0.462. The van der Waals surface area contributed by atoms with Crippen LogP contribution in [0.2, 0.25) is 0 Å². The highest BCUT2D eigenvalue weighted by atomic mass is 19.1. The average Bonchev–Trinajstić information content (AvgIpc) is 3.31. The van der Waals surface area contributed by atoms with Crippen molar-refractivity contribution in [1.82, 2.24) is 10.2 Å². The molecule has 1 saturated heterocycles. The molecule has 164 valence electrons. The van der Waals surface area contributed by atoms with E-state index in [9.17, 15) is 14.0 Å². The molecule has 2 aromatic carbocycles. The summed E-state index contributed by atoms with van der Waals surface area (Å²) in [6.45, 7) is 2.81. The van der Waals surface area contributed by atoms with Crippen LogP contribution in [-0.2, 0) is 16.1 Å². The van der Waals surface area contributed by atoms with Crippen LogP contribution in [0.15, 0.2) is 48.5 Å². The number of likely N-dealkylation sites (tertiary alicyclic amines) is 1. The summed E-state index contributed by atoms with van der Waals surface area (Å²) in [5, 5.41) is 2.95. The number of halogens is 1. The van der Waals surface area contributed by atoms with Crippen LogP contribution in [0, 0.1) is 24.6 Å². The summed E-state index contributed by atoms with van der Waals surface area (Å²) < 4.78 is 13.4. The minimum atomic E-state index is -0.307. The summed E-state index contributed by atoms with van der Waals surface area (Å²) in [4.78, 5) is 28.3. The molecule has 0 aromatic heterocycles. The van der Waals surface area contributed by atoms with Crippen molar-refractivity contribution >= 4 is 11.8 Å². The number of amides is 2. The second-order valence-corrected chi connectivity index (χ2v) is 9.02. The van der Waals surface area contributed by atoms with Crippen LogP contribution in [0.5, 0.6) is 0 Å². The lowest BCUT2D eigenvalue weighted by Crippen LogP contribution is -2.48. The average molecular weight is 423 g/mol. The van der Waals surface area contributed by atoms with Gasteiger partial charge in [-0.2, -0.15) is 0 Å². The molecule has 1 N–H and O–H groups in total. The minimum Gasteiger partial charge on any atom is -0.352 e. The minimum absolute atomic E-state index is 0.0280. The lowest BCUT2D eigenvalue weighted by molar-refractivity contribution is -0.142. The Bertz CT molecular complexity index is 939. The second kappa shape index (κ2) is 9.63. The van der Waals surface area contributed by atoms with E-state index in [4.69, 9.17) is 0 Å². The number of carbonyl (C=O) groups is 2. The molecule has 2 fully saturated rings. The first-order valence-corrected chi connectivity index (χ1v) is 11.4. The zero-order valence-electron chi connectivity index (χ0n) is 18.1. The first kappa shape index (κ1) is 21.5. The van der Waals surface area contributed by atoms with E-state index in [1.54, 1.807) is 12.1 Å². The molecule has 4 nitrogen and oxygen atoms in total. The monoisotopic (exact) mass is 422 g/mol. The summed E-state index contributed by atoms with van der Waals surface area (Å²) in [7, 11) is 0. The molecule has 1 saturated carbocycles. The van der Waals surface area contributed by atoms with Crippen molar-refractivity contribution in [3.05, 3.63) is 71.0 Å². The lowest BCUT2D eigenvalue weighted by Gasteiger charge is -2.41. The molecule has 1 aliphatic carbocycles. The third kappa shape index (κ3) is 5.15. The van der Waals surface area contributed by atoms with Crippen LogP contribution in [0.3, 0.4) is 0 Å². The van der Waals surface area contributed by atoms with Crippen LogP contribution in [-0.4, -0.2) is 23.3 Å². The summed E-state index contributed by atoms with van der Waals surface area (Å²) in [6.07, 6.45) is 5.63. The van der Waals surface area contributed by atoms with E-state index in [2.05, 4.69) is 30.4 Å². The number of rotatable bonds is 5. The van der Waals surface area contributed by atoms with Gasteiger partial charge in [0.25, 0.3) is 0 Å². The molecule has 0 radical (unpaired) electrons. The first-order chi connectivity index (χ1) is 15.0. The molecule has 0 spiro atoms. The molecule has 2 atom stereocenters. The van der Waals surface area contributed by atoms with Gasteiger partial charge in [-0.15, -0.1) is 0 Å². The van der Waals surface area contributed by atoms with Gasteiger partial charge in [0.1, 0.15) is 5.82 Å². The standard InChI is InChI=1S/C26H31FN2O2/c1-18-6-4-10-21(14-18)24-13-12-22(17-29(24)26(31)20-8-2-3-9-20)25(30)28-16-19-7-5-11-23(27)15-19/h4-7,10-11,14-15,20,22,24H,2-3,8-9,12-13,16-17H2,1H3,(H,28,30). The SMILES string of the molecule is Cc1cccc(C2CCC(C(=O)NCc3cccc(F)c3)CN2C(=O)C2CCCC2)c1. The smallest absolute Gasteiger partial charge is 0.226 e. The Morgan fingerprint density at radius 1 is 1.00 bits per heavy atom. The summed E-state index contributed by atoms with van der Waals surface area (Å²) >= 11 is 0. The maximum Gasteiger partial charge on any atom is 0.226 e. The summed E-state index contributed by atoms with van der Waals surface area (Å²) in [5.74, 6) is -0.317. The topological polar surface area (TPSA) is 49.4 Å². The van der Waals surface area contributed by atoms with Gasteiger partial charge in [0.2, 0.25) is 11.8 Å². The Labute approximate surface area is 183 Å². The van der Waals surface area contributed by atoms with Gasteiger partial charge < -0.3 is 10.2 Å². The van der Waals surface area contributed by atoms with Gasteiger partial charge in [0.15, 0.2) is 0 Å². The summed E-state index contributed by atoms with van der Waals surface area (Å²) in [5.41, 5.74) is 3.08. The van der Waals surface area contributed by atoms with Gasteiger partial charge in [-0.1, -0.05) is 54.8 Å².